The topological polar surface area (TPSA) is 52.6 Å². The van der Waals surface area contributed by atoms with Crippen molar-refractivity contribution < 1.29 is 9.90 Å². The zero-order valence-electron chi connectivity index (χ0n) is 13.7. The van der Waals surface area contributed by atoms with E-state index in [0.29, 0.717) is 30.5 Å². The Morgan fingerprint density at radius 1 is 1.19 bits per heavy atom. The highest BCUT2D eigenvalue weighted by Gasteiger charge is 2.30. The van der Waals surface area contributed by atoms with E-state index in [-0.39, 0.29) is 6.42 Å². The minimum Gasteiger partial charge on any atom is -0.481 e. The summed E-state index contributed by atoms with van der Waals surface area (Å²) < 4.78 is 0. The molecule has 1 saturated heterocycles. The number of hydrogen-bond acceptors (Lipinski definition) is 3. The third-order valence-electron chi connectivity index (χ3n) is 5.22. The van der Waals surface area contributed by atoms with Gasteiger partial charge in [-0.3, -0.25) is 4.79 Å². The number of piperidine rings is 1. The molecule has 0 aromatic heterocycles. The van der Waals surface area contributed by atoms with Crippen LogP contribution in [0.1, 0.15) is 58.8 Å². The summed E-state index contributed by atoms with van der Waals surface area (Å²) in [6.45, 7) is 7.37. The van der Waals surface area contributed by atoms with E-state index >= 15 is 0 Å². The van der Waals surface area contributed by atoms with Gasteiger partial charge in [-0.2, -0.15) is 0 Å². The first kappa shape index (κ1) is 16.8. The second-order valence-electron chi connectivity index (χ2n) is 7.34. The van der Waals surface area contributed by atoms with Crippen molar-refractivity contribution in [3.8, 4) is 0 Å². The van der Waals surface area contributed by atoms with Crippen LogP contribution in [0.2, 0.25) is 0 Å². The van der Waals surface area contributed by atoms with Gasteiger partial charge in [0.1, 0.15) is 0 Å². The van der Waals surface area contributed by atoms with E-state index in [1.807, 2.05) is 0 Å². The maximum atomic E-state index is 10.8. The molecule has 2 N–H and O–H groups in total. The molecule has 2 aliphatic rings. The number of likely N-dealkylation sites (tertiary alicyclic amines) is 1. The summed E-state index contributed by atoms with van der Waals surface area (Å²) in [4.78, 5) is 13.2. The van der Waals surface area contributed by atoms with Crippen molar-refractivity contribution in [2.45, 2.75) is 70.9 Å². The number of carboxylic acids is 1. The largest absolute Gasteiger partial charge is 0.481 e. The predicted octanol–water partition coefficient (Wildman–Crippen LogP) is 2.73. The number of hydrogen-bond donors (Lipinski definition) is 2. The Kier molecular flexibility index (Phi) is 6.49. The van der Waals surface area contributed by atoms with Crippen molar-refractivity contribution in [2.24, 2.45) is 11.8 Å². The molecule has 1 heterocycles. The van der Waals surface area contributed by atoms with Gasteiger partial charge in [0, 0.05) is 31.7 Å². The molecule has 21 heavy (non-hydrogen) atoms. The molecule has 0 bridgehead atoms. The number of rotatable bonds is 6. The molecule has 0 spiro atoms. The number of carbonyl (C=O) groups is 1. The van der Waals surface area contributed by atoms with E-state index in [0.717, 1.165) is 13.1 Å². The molecule has 2 rings (SSSR count). The number of aliphatic carboxylic acids is 1. The molecule has 2 atom stereocenters. The molecule has 1 aliphatic heterocycles. The molecule has 122 valence electrons. The van der Waals surface area contributed by atoms with Gasteiger partial charge in [-0.1, -0.05) is 33.1 Å². The predicted molar refractivity (Wildman–Crippen MR) is 85.4 cm³/mol. The third-order valence-corrected chi connectivity index (χ3v) is 5.22. The van der Waals surface area contributed by atoms with Crippen LogP contribution in [0, 0.1) is 11.8 Å². The van der Waals surface area contributed by atoms with Crippen molar-refractivity contribution in [3.05, 3.63) is 0 Å². The van der Waals surface area contributed by atoms with Gasteiger partial charge in [0.15, 0.2) is 0 Å². The van der Waals surface area contributed by atoms with Crippen molar-refractivity contribution in [1.29, 1.82) is 0 Å². The second kappa shape index (κ2) is 8.14. The first-order valence-electron chi connectivity index (χ1n) is 8.74. The summed E-state index contributed by atoms with van der Waals surface area (Å²) in [6.07, 6.45) is 8.26. The maximum absolute atomic E-state index is 10.8. The lowest BCUT2D eigenvalue weighted by molar-refractivity contribution is -0.137. The zero-order valence-corrected chi connectivity index (χ0v) is 13.7. The molecule has 2 unspecified atom stereocenters. The summed E-state index contributed by atoms with van der Waals surface area (Å²) >= 11 is 0. The lowest BCUT2D eigenvalue weighted by Gasteiger charge is -2.41. The molecular formula is C17H32N2O2. The highest BCUT2D eigenvalue weighted by Crippen LogP contribution is 2.26. The van der Waals surface area contributed by atoms with E-state index in [1.54, 1.807) is 0 Å². The van der Waals surface area contributed by atoms with Gasteiger partial charge in [-0.25, -0.2) is 0 Å². The summed E-state index contributed by atoms with van der Waals surface area (Å²) in [6, 6.07) is 1.24. The fourth-order valence-corrected chi connectivity index (χ4v) is 3.88. The van der Waals surface area contributed by atoms with Crippen molar-refractivity contribution >= 4 is 5.97 Å². The molecule has 1 saturated carbocycles. The summed E-state index contributed by atoms with van der Waals surface area (Å²) in [5.41, 5.74) is 0. The van der Waals surface area contributed by atoms with Crippen LogP contribution in [0.5, 0.6) is 0 Å². The van der Waals surface area contributed by atoms with Crippen LogP contribution < -0.4 is 5.32 Å². The van der Waals surface area contributed by atoms with Gasteiger partial charge in [-0.05, 0) is 31.1 Å². The fourth-order valence-electron chi connectivity index (χ4n) is 3.88. The van der Waals surface area contributed by atoms with Gasteiger partial charge in [-0.15, -0.1) is 0 Å². The van der Waals surface area contributed by atoms with Gasteiger partial charge in [0.25, 0.3) is 0 Å². The summed E-state index contributed by atoms with van der Waals surface area (Å²) in [5.74, 6) is 0.681. The van der Waals surface area contributed by atoms with Crippen molar-refractivity contribution in [3.63, 3.8) is 0 Å². The van der Waals surface area contributed by atoms with Crippen LogP contribution in [0.3, 0.4) is 0 Å². The van der Waals surface area contributed by atoms with Crippen LogP contribution in [0.4, 0.5) is 0 Å². The van der Waals surface area contributed by atoms with E-state index in [2.05, 4.69) is 24.1 Å². The smallest absolute Gasteiger partial charge is 0.304 e. The Morgan fingerprint density at radius 2 is 1.90 bits per heavy atom. The quantitative estimate of drug-likeness (QED) is 0.791. The average Bonchev–Trinajstić information content (AvgIpc) is 2.46. The van der Waals surface area contributed by atoms with Gasteiger partial charge >= 0.3 is 5.97 Å². The second-order valence-corrected chi connectivity index (χ2v) is 7.34. The molecule has 4 heteroatoms. The van der Waals surface area contributed by atoms with Crippen LogP contribution in [0.25, 0.3) is 0 Å². The fraction of sp³-hybridized carbons (Fsp3) is 0.941. The Balaban J connectivity index is 1.87. The van der Waals surface area contributed by atoms with E-state index in [4.69, 9.17) is 5.11 Å². The summed E-state index contributed by atoms with van der Waals surface area (Å²) in [5, 5.41) is 12.8. The summed E-state index contributed by atoms with van der Waals surface area (Å²) in [7, 11) is 0. The van der Waals surface area contributed by atoms with Gasteiger partial charge in [0.05, 0.1) is 6.42 Å². The Labute approximate surface area is 129 Å². The monoisotopic (exact) mass is 296 g/mol. The number of nitrogens with one attached hydrogen (secondary N) is 1. The zero-order chi connectivity index (χ0) is 15.2. The molecule has 0 aromatic rings. The highest BCUT2D eigenvalue weighted by atomic mass is 16.4. The Morgan fingerprint density at radius 3 is 2.52 bits per heavy atom. The average molecular weight is 296 g/mol. The Bertz CT molecular complexity index is 327. The van der Waals surface area contributed by atoms with E-state index in [1.165, 1.54) is 38.5 Å². The molecule has 4 nitrogen and oxygen atoms in total. The van der Waals surface area contributed by atoms with Crippen LogP contribution in [-0.2, 0) is 4.79 Å². The van der Waals surface area contributed by atoms with Crippen molar-refractivity contribution in [1.82, 2.24) is 10.2 Å². The Hall–Kier alpha value is -0.610. The molecule has 0 radical (unpaired) electrons. The normalized spacial score (nSPS) is 28.9. The first-order valence-corrected chi connectivity index (χ1v) is 8.74. The minimum absolute atomic E-state index is 0.265. The molecule has 1 aliphatic carbocycles. The van der Waals surface area contributed by atoms with Gasteiger partial charge < -0.3 is 15.3 Å². The lowest BCUT2D eigenvalue weighted by atomic mass is 9.84. The highest BCUT2D eigenvalue weighted by molar-refractivity contribution is 5.66. The lowest BCUT2D eigenvalue weighted by Crippen LogP contribution is -2.53. The van der Waals surface area contributed by atoms with Crippen LogP contribution in [0.15, 0.2) is 0 Å². The molecule has 0 aromatic carbocycles. The van der Waals surface area contributed by atoms with E-state index < -0.39 is 5.97 Å². The van der Waals surface area contributed by atoms with Gasteiger partial charge in [0.2, 0.25) is 0 Å². The third kappa shape index (κ3) is 5.59. The molecule has 0 amide bonds. The molecular weight excluding hydrogens is 264 g/mol. The molecule has 2 fully saturated rings. The van der Waals surface area contributed by atoms with Crippen molar-refractivity contribution in [2.75, 3.05) is 19.6 Å². The first-order chi connectivity index (χ1) is 10.0. The van der Waals surface area contributed by atoms with E-state index in [9.17, 15) is 4.79 Å². The minimum atomic E-state index is -0.682. The number of nitrogens with zero attached hydrogens (tertiary/aromatic N) is 1. The SMILES string of the molecule is CC(C)C1CC(NC2CCCCC2)CN(CCC(=O)O)C1. The maximum Gasteiger partial charge on any atom is 0.304 e. The standard InChI is InChI=1S/C17H32N2O2/c1-13(2)14-10-16(18-15-6-4-3-5-7-15)12-19(11-14)9-8-17(20)21/h13-16,18H,3-12H2,1-2H3,(H,20,21). The van der Waals surface area contributed by atoms with Crippen LogP contribution >= 0.6 is 0 Å². The number of carboxylic acid groups (broad SMARTS) is 1. The van der Waals surface area contributed by atoms with Crippen LogP contribution in [-0.4, -0.2) is 47.7 Å².